The molecule has 0 unspecified atom stereocenters. The largest absolute Gasteiger partial charge is 0.497 e. The van der Waals surface area contributed by atoms with Crippen molar-refractivity contribution in [3.63, 3.8) is 0 Å². The fraction of sp³-hybridized carbons (Fsp3) is 0.227. The van der Waals surface area contributed by atoms with Crippen LogP contribution in [0.3, 0.4) is 0 Å². The molecule has 0 fully saturated rings. The van der Waals surface area contributed by atoms with Gasteiger partial charge in [-0.2, -0.15) is 4.57 Å². The maximum Gasteiger partial charge on any atom is 0.212 e. The second-order valence-electron chi connectivity index (χ2n) is 6.54. The highest BCUT2D eigenvalue weighted by Gasteiger charge is 2.24. The number of rotatable bonds is 3. The Morgan fingerprint density at radius 3 is 2.73 bits per heavy atom. The molecule has 0 amide bonds. The van der Waals surface area contributed by atoms with Crippen LogP contribution in [0.15, 0.2) is 58.5 Å². The van der Waals surface area contributed by atoms with Gasteiger partial charge in [-0.15, -0.1) is 0 Å². The lowest BCUT2D eigenvalue weighted by Gasteiger charge is -2.13. The summed E-state index contributed by atoms with van der Waals surface area (Å²) in [6, 6.07) is 17.3. The summed E-state index contributed by atoms with van der Waals surface area (Å²) in [6.07, 6.45) is 2.28. The van der Waals surface area contributed by atoms with Gasteiger partial charge in [0.25, 0.3) is 0 Å². The number of hydrogen-bond acceptors (Lipinski definition) is 3. The van der Waals surface area contributed by atoms with E-state index in [1.807, 2.05) is 6.07 Å². The van der Waals surface area contributed by atoms with Gasteiger partial charge in [-0.05, 0) is 44.2 Å². The van der Waals surface area contributed by atoms with Crippen molar-refractivity contribution in [1.29, 1.82) is 0 Å². The highest BCUT2D eigenvalue weighted by atomic mass is 32.2. The topological polar surface area (TPSA) is 16.4 Å². The lowest BCUT2D eigenvalue weighted by Crippen LogP contribution is -2.36. The maximum absolute atomic E-state index is 5.37. The third-order valence-corrected chi connectivity index (χ3v) is 6.03. The molecule has 3 nitrogen and oxygen atoms in total. The van der Waals surface area contributed by atoms with Gasteiger partial charge in [0.1, 0.15) is 12.3 Å². The molecule has 0 saturated carbocycles. The Hall–Kier alpha value is -2.46. The van der Waals surface area contributed by atoms with Gasteiger partial charge in [0.15, 0.2) is 0 Å². The Bertz CT molecular complexity index is 1030. The van der Waals surface area contributed by atoms with Crippen LogP contribution in [0, 0.1) is 6.92 Å². The first-order valence-corrected chi connectivity index (χ1v) is 9.67. The van der Waals surface area contributed by atoms with E-state index in [1.54, 1.807) is 18.9 Å². The van der Waals surface area contributed by atoms with Crippen molar-refractivity contribution < 1.29 is 9.30 Å². The van der Waals surface area contributed by atoms with E-state index in [9.17, 15) is 0 Å². The summed E-state index contributed by atoms with van der Waals surface area (Å²) in [5.41, 5.74) is 5.01. The first-order valence-electron chi connectivity index (χ1n) is 8.85. The van der Waals surface area contributed by atoms with Gasteiger partial charge in [-0.1, -0.05) is 23.4 Å². The summed E-state index contributed by atoms with van der Waals surface area (Å²) >= 11 is 1.79. The van der Waals surface area contributed by atoms with Gasteiger partial charge in [-0.3, -0.25) is 0 Å². The van der Waals surface area contributed by atoms with E-state index in [0.717, 1.165) is 12.3 Å². The van der Waals surface area contributed by atoms with Crippen molar-refractivity contribution in [3.8, 4) is 5.75 Å². The zero-order valence-corrected chi connectivity index (χ0v) is 16.4. The lowest BCUT2D eigenvalue weighted by molar-refractivity contribution is -0.669. The summed E-state index contributed by atoms with van der Waals surface area (Å²) in [4.78, 5) is 3.48. The summed E-state index contributed by atoms with van der Waals surface area (Å²) in [5.74, 6) is 0.899. The zero-order valence-electron chi connectivity index (χ0n) is 15.6. The van der Waals surface area contributed by atoms with E-state index in [4.69, 9.17) is 4.74 Å². The summed E-state index contributed by atoms with van der Waals surface area (Å²) < 4.78 is 7.74. The summed E-state index contributed by atoms with van der Waals surface area (Å²) in [6.45, 7) is 5.28. The Balaban J connectivity index is 1.78. The van der Waals surface area contributed by atoms with Crippen LogP contribution in [0.25, 0.3) is 17.0 Å². The van der Waals surface area contributed by atoms with Crippen molar-refractivity contribution in [2.24, 2.45) is 0 Å². The molecule has 132 valence electrons. The van der Waals surface area contributed by atoms with Crippen molar-refractivity contribution in [1.82, 2.24) is 0 Å². The molecule has 2 aromatic carbocycles. The van der Waals surface area contributed by atoms with Gasteiger partial charge in [0.05, 0.1) is 17.8 Å². The molecule has 1 aliphatic heterocycles. The monoisotopic (exact) mass is 363 g/mol. The van der Waals surface area contributed by atoms with Crippen molar-refractivity contribution >= 4 is 34.4 Å². The van der Waals surface area contributed by atoms with E-state index in [2.05, 4.69) is 78.9 Å². The molecule has 0 atom stereocenters. The molecule has 0 aliphatic carbocycles. The molecule has 1 aliphatic rings. The molecule has 4 rings (SSSR count). The summed E-state index contributed by atoms with van der Waals surface area (Å²) in [5, 5.41) is 2.51. The predicted molar refractivity (Wildman–Crippen MR) is 110 cm³/mol. The maximum atomic E-state index is 5.37. The SMILES string of the molecule is CC[n+]1c(C=C2Sc3cc(OC)ccc3N2C)ccc2cc(C)ccc21. The third kappa shape index (κ3) is 2.84. The predicted octanol–water partition coefficient (Wildman–Crippen LogP) is 5.00. The molecular weight excluding hydrogens is 340 g/mol. The number of benzene rings is 2. The number of thioether (sulfide) groups is 1. The molecule has 1 aromatic heterocycles. The number of aryl methyl sites for hydroxylation is 2. The van der Waals surface area contributed by atoms with Gasteiger partial charge >= 0.3 is 0 Å². The first kappa shape index (κ1) is 17.0. The van der Waals surface area contributed by atoms with E-state index in [1.165, 1.54) is 37.8 Å². The molecule has 2 heterocycles. The van der Waals surface area contributed by atoms with Gasteiger partial charge in [-0.25, -0.2) is 0 Å². The molecule has 0 spiro atoms. The van der Waals surface area contributed by atoms with Crippen LogP contribution in [0.1, 0.15) is 18.2 Å². The molecular formula is C22H23N2OS+. The van der Waals surface area contributed by atoms with E-state index in [-0.39, 0.29) is 0 Å². The first-order chi connectivity index (χ1) is 12.6. The van der Waals surface area contributed by atoms with E-state index >= 15 is 0 Å². The number of anilines is 1. The number of aromatic nitrogens is 1. The zero-order chi connectivity index (χ0) is 18.3. The Labute approximate surface area is 158 Å². The molecule has 0 saturated heterocycles. The van der Waals surface area contributed by atoms with Gasteiger partial charge in [0, 0.05) is 35.5 Å². The standard InChI is InChI=1S/C22H23N2OS/c1-5-24-17(8-7-16-12-15(2)6-10-19(16)24)13-22-23(3)20-11-9-18(25-4)14-21(20)26-22/h6-14H,5H2,1-4H3/q+1. The van der Waals surface area contributed by atoms with Crippen LogP contribution < -0.4 is 14.2 Å². The average Bonchev–Trinajstić information content (AvgIpc) is 2.96. The van der Waals surface area contributed by atoms with Crippen molar-refractivity contribution in [2.45, 2.75) is 25.3 Å². The number of ether oxygens (including phenoxy) is 1. The van der Waals surface area contributed by atoms with E-state index < -0.39 is 0 Å². The highest BCUT2D eigenvalue weighted by Crippen LogP contribution is 2.46. The van der Waals surface area contributed by atoms with Crippen LogP contribution in [0.2, 0.25) is 0 Å². The number of nitrogens with zero attached hydrogens (tertiary/aromatic N) is 2. The fourth-order valence-corrected chi connectivity index (χ4v) is 4.59. The smallest absolute Gasteiger partial charge is 0.212 e. The fourth-order valence-electron chi connectivity index (χ4n) is 3.47. The molecule has 4 heteroatoms. The van der Waals surface area contributed by atoms with Crippen LogP contribution in [-0.4, -0.2) is 14.2 Å². The molecule has 0 bridgehead atoms. The minimum atomic E-state index is 0.899. The van der Waals surface area contributed by atoms with Crippen molar-refractivity contribution in [2.75, 3.05) is 19.1 Å². The van der Waals surface area contributed by atoms with Crippen LogP contribution in [0.4, 0.5) is 5.69 Å². The normalized spacial score (nSPS) is 14.9. The molecule has 3 aromatic rings. The van der Waals surface area contributed by atoms with Gasteiger partial charge < -0.3 is 9.64 Å². The van der Waals surface area contributed by atoms with Crippen LogP contribution in [0.5, 0.6) is 5.75 Å². The number of hydrogen-bond donors (Lipinski definition) is 0. The number of fused-ring (bicyclic) bond motifs is 2. The lowest BCUT2D eigenvalue weighted by atomic mass is 10.1. The second kappa shape index (κ2) is 6.69. The quantitative estimate of drug-likeness (QED) is 0.609. The van der Waals surface area contributed by atoms with Crippen LogP contribution in [-0.2, 0) is 6.54 Å². The minimum Gasteiger partial charge on any atom is -0.497 e. The molecule has 0 radical (unpaired) electrons. The molecule has 26 heavy (non-hydrogen) atoms. The Morgan fingerprint density at radius 1 is 1.12 bits per heavy atom. The average molecular weight is 364 g/mol. The summed E-state index contributed by atoms with van der Waals surface area (Å²) in [7, 11) is 3.83. The van der Waals surface area contributed by atoms with Gasteiger partial charge in [0.2, 0.25) is 11.2 Å². The third-order valence-electron chi connectivity index (χ3n) is 4.88. The van der Waals surface area contributed by atoms with Crippen LogP contribution >= 0.6 is 11.8 Å². The second-order valence-corrected chi connectivity index (χ2v) is 7.60. The Kier molecular flexibility index (Phi) is 4.37. The van der Waals surface area contributed by atoms with E-state index in [0.29, 0.717) is 0 Å². The number of methoxy groups -OCH3 is 1. The molecule has 0 N–H and O–H groups in total. The Morgan fingerprint density at radius 2 is 1.96 bits per heavy atom. The number of pyridine rings is 1. The highest BCUT2D eigenvalue weighted by molar-refractivity contribution is 8.03. The minimum absolute atomic E-state index is 0.899. The van der Waals surface area contributed by atoms with Crippen molar-refractivity contribution in [3.05, 3.63) is 64.8 Å².